The molecule has 0 aliphatic heterocycles. The fourth-order valence-corrected chi connectivity index (χ4v) is 6.63. The van der Waals surface area contributed by atoms with E-state index in [-0.39, 0.29) is 12.1 Å². The van der Waals surface area contributed by atoms with E-state index in [1.165, 1.54) is 7.11 Å². The van der Waals surface area contributed by atoms with Crippen LogP contribution in [0.15, 0.2) is 140 Å². The van der Waals surface area contributed by atoms with E-state index >= 15 is 0 Å². The molecule has 6 rings (SSSR count). The van der Waals surface area contributed by atoms with Gasteiger partial charge in [-0.15, -0.1) is 0 Å². The first-order valence-corrected chi connectivity index (χ1v) is 16.8. The normalized spacial score (nSPS) is 12.3. The van der Waals surface area contributed by atoms with Gasteiger partial charge in [-0.2, -0.15) is 0 Å². The molecule has 0 N–H and O–H groups in total. The lowest BCUT2D eigenvalue weighted by molar-refractivity contribution is -0.0372. The summed E-state index contributed by atoms with van der Waals surface area (Å²) in [7, 11) is 1.41. The second-order valence-corrected chi connectivity index (χ2v) is 11.7. The summed E-state index contributed by atoms with van der Waals surface area (Å²) in [5.41, 5.74) is 6.87. The molecule has 252 valence electrons. The molecule has 7 nitrogen and oxygen atoms in total. The number of carbonyl (C=O) groups excluding carboxylic acids is 1. The zero-order valence-electron chi connectivity index (χ0n) is 27.9. The fourth-order valence-electron chi connectivity index (χ4n) is 6.63. The third kappa shape index (κ3) is 7.77. The van der Waals surface area contributed by atoms with Crippen LogP contribution in [0.2, 0.25) is 0 Å². The minimum absolute atomic E-state index is 0.223. The van der Waals surface area contributed by atoms with Crippen LogP contribution in [0.5, 0.6) is 0 Å². The van der Waals surface area contributed by atoms with Gasteiger partial charge in [0.25, 0.3) is 0 Å². The summed E-state index contributed by atoms with van der Waals surface area (Å²) in [5, 5.41) is 0. The van der Waals surface area contributed by atoms with Crippen LogP contribution in [0.25, 0.3) is 11.1 Å². The Hall–Kier alpha value is -4.79. The van der Waals surface area contributed by atoms with Crippen LogP contribution in [0.1, 0.15) is 33.9 Å². The van der Waals surface area contributed by atoms with Gasteiger partial charge in [-0.25, -0.2) is 4.79 Å². The van der Waals surface area contributed by atoms with Gasteiger partial charge in [0.2, 0.25) is 0 Å². The third-order valence-corrected chi connectivity index (χ3v) is 8.83. The molecular formula is C42H43NO6. The first-order valence-electron chi connectivity index (χ1n) is 16.8. The largest absolute Gasteiger partial charge is 0.453 e. The monoisotopic (exact) mass is 657 g/mol. The second kappa shape index (κ2) is 17.0. The molecule has 0 fully saturated rings. The van der Waals surface area contributed by atoms with Crippen molar-refractivity contribution in [3.63, 3.8) is 0 Å². The summed E-state index contributed by atoms with van der Waals surface area (Å²) >= 11 is 0. The van der Waals surface area contributed by atoms with Crippen molar-refractivity contribution in [3.8, 4) is 11.1 Å². The molecule has 0 spiro atoms. The highest BCUT2D eigenvalue weighted by Gasteiger charge is 2.38. The maximum absolute atomic E-state index is 12.9. The lowest BCUT2D eigenvalue weighted by Crippen LogP contribution is -2.37. The molecular weight excluding hydrogens is 614 g/mol. The van der Waals surface area contributed by atoms with Gasteiger partial charge in [0, 0.05) is 6.54 Å². The van der Waals surface area contributed by atoms with Crippen LogP contribution in [0.4, 0.5) is 4.79 Å². The molecule has 49 heavy (non-hydrogen) atoms. The van der Waals surface area contributed by atoms with Crippen LogP contribution in [-0.2, 0) is 29.3 Å². The average Bonchev–Trinajstić information content (AvgIpc) is 3.50. The van der Waals surface area contributed by atoms with Crippen molar-refractivity contribution < 1.29 is 28.5 Å². The summed E-state index contributed by atoms with van der Waals surface area (Å²) < 4.78 is 29.5. The molecule has 0 heterocycles. The van der Waals surface area contributed by atoms with E-state index in [0.29, 0.717) is 52.8 Å². The van der Waals surface area contributed by atoms with Crippen LogP contribution in [-0.4, -0.2) is 70.9 Å². The highest BCUT2D eigenvalue weighted by Crippen LogP contribution is 2.46. The third-order valence-electron chi connectivity index (χ3n) is 8.83. The van der Waals surface area contributed by atoms with E-state index in [2.05, 4.69) is 60.7 Å². The first-order chi connectivity index (χ1) is 24.2. The molecule has 0 atom stereocenters. The maximum Gasteiger partial charge on any atom is 0.410 e. The molecule has 0 saturated carbocycles. The minimum Gasteiger partial charge on any atom is -0.453 e. The van der Waals surface area contributed by atoms with Crippen LogP contribution in [0, 0.1) is 0 Å². The zero-order valence-corrected chi connectivity index (χ0v) is 27.9. The zero-order chi connectivity index (χ0) is 33.7. The van der Waals surface area contributed by atoms with Gasteiger partial charge in [-0.3, -0.25) is 4.90 Å². The predicted molar refractivity (Wildman–Crippen MR) is 190 cm³/mol. The van der Waals surface area contributed by atoms with Crippen molar-refractivity contribution in [1.29, 1.82) is 0 Å². The van der Waals surface area contributed by atoms with Gasteiger partial charge in [-0.05, 0) is 38.9 Å². The fraction of sp³-hybridized carbons (Fsp3) is 0.262. The Morgan fingerprint density at radius 3 is 1.37 bits per heavy atom. The molecule has 0 saturated heterocycles. The number of fused-ring (bicyclic) bond motifs is 3. The Morgan fingerprint density at radius 2 is 0.918 bits per heavy atom. The average molecular weight is 658 g/mol. The van der Waals surface area contributed by atoms with Crippen molar-refractivity contribution >= 4 is 6.09 Å². The van der Waals surface area contributed by atoms with Gasteiger partial charge in [0.15, 0.2) is 0 Å². The Kier molecular flexibility index (Phi) is 11.9. The number of amides is 1. The van der Waals surface area contributed by atoms with E-state index in [9.17, 15) is 4.79 Å². The number of benzene rings is 5. The number of methoxy groups -OCH3 is 1. The lowest BCUT2D eigenvalue weighted by atomic mass is 9.80. The molecule has 1 aliphatic carbocycles. The van der Waals surface area contributed by atoms with Crippen molar-refractivity contribution in [2.45, 2.75) is 11.6 Å². The van der Waals surface area contributed by atoms with Gasteiger partial charge in [0.1, 0.15) is 5.60 Å². The summed E-state index contributed by atoms with van der Waals surface area (Å²) in [6, 6.07) is 47.1. The number of hydrogen-bond donors (Lipinski definition) is 0. The first kappa shape index (κ1) is 34.1. The molecule has 1 amide bonds. The minimum atomic E-state index is -0.769. The Morgan fingerprint density at radius 1 is 0.531 bits per heavy atom. The number of hydrogen-bond acceptors (Lipinski definition) is 6. The highest BCUT2D eigenvalue weighted by molar-refractivity contribution is 5.81. The molecule has 0 bridgehead atoms. The molecule has 0 aromatic heterocycles. The second-order valence-electron chi connectivity index (χ2n) is 11.7. The van der Waals surface area contributed by atoms with Crippen LogP contribution >= 0.6 is 0 Å². The molecule has 7 heteroatoms. The van der Waals surface area contributed by atoms with Crippen molar-refractivity contribution in [1.82, 2.24) is 4.90 Å². The van der Waals surface area contributed by atoms with Crippen molar-refractivity contribution in [2.75, 3.05) is 59.9 Å². The highest BCUT2D eigenvalue weighted by atomic mass is 16.6. The Bertz CT molecular complexity index is 1610. The van der Waals surface area contributed by atoms with Crippen molar-refractivity contribution in [2.24, 2.45) is 0 Å². The molecule has 1 aliphatic rings. The molecule has 5 aromatic carbocycles. The van der Waals surface area contributed by atoms with Crippen molar-refractivity contribution in [3.05, 3.63) is 167 Å². The topological polar surface area (TPSA) is 66.5 Å². The van der Waals surface area contributed by atoms with E-state index in [1.54, 1.807) is 4.90 Å². The Balaban J connectivity index is 0.942. The maximum atomic E-state index is 12.9. The van der Waals surface area contributed by atoms with Crippen LogP contribution < -0.4 is 0 Å². The van der Waals surface area contributed by atoms with E-state index in [0.717, 1.165) is 38.9 Å². The van der Waals surface area contributed by atoms with Crippen LogP contribution in [0.3, 0.4) is 0 Å². The summed E-state index contributed by atoms with van der Waals surface area (Å²) in [5.74, 6) is 0. The summed E-state index contributed by atoms with van der Waals surface area (Å²) in [4.78, 5) is 14.6. The lowest BCUT2D eigenvalue weighted by Gasteiger charge is -2.36. The van der Waals surface area contributed by atoms with Gasteiger partial charge in [0.05, 0.1) is 59.4 Å². The molecule has 5 aromatic rings. The number of ether oxygens (including phenoxy) is 5. The summed E-state index contributed by atoms with van der Waals surface area (Å²) in [6.07, 6.45) is -0.383. The molecule has 0 unspecified atom stereocenters. The molecule has 0 radical (unpaired) electrons. The quantitative estimate of drug-likeness (QED) is 0.0749. The number of carbonyl (C=O) groups is 1. The predicted octanol–water partition coefficient (Wildman–Crippen LogP) is 7.88. The standard InChI is InChI=1S/C42H43NO6/c1-45-41(44)43(40-38-23-13-11-21-36(38)37-22-12-14-24-39(37)40)25-26-46-27-28-47-29-30-48-31-32-49-42(33-15-5-2-6-16-33,34-17-7-3-8-18-34)35-19-9-4-10-20-35/h2-24,40H,25-32H2,1H3. The van der Waals surface area contributed by atoms with Gasteiger partial charge >= 0.3 is 6.09 Å². The van der Waals surface area contributed by atoms with E-state index < -0.39 is 5.60 Å². The number of nitrogens with zero attached hydrogens (tertiary/aromatic N) is 1. The SMILES string of the molecule is COC(=O)N(CCOCCOCCOCCOC(c1ccccc1)(c1ccccc1)c1ccccc1)C1c2ccccc2-c2ccccc21. The van der Waals surface area contributed by atoms with Gasteiger partial charge in [-0.1, -0.05) is 140 Å². The number of rotatable bonds is 17. The van der Waals surface area contributed by atoms with E-state index in [4.69, 9.17) is 23.7 Å². The van der Waals surface area contributed by atoms with E-state index in [1.807, 2.05) is 78.9 Å². The Labute approximate surface area is 289 Å². The summed E-state index contributed by atoms with van der Waals surface area (Å²) in [6.45, 7) is 3.28. The van der Waals surface area contributed by atoms with Gasteiger partial charge < -0.3 is 23.7 Å². The smallest absolute Gasteiger partial charge is 0.410 e.